The molecule has 0 saturated carbocycles. The summed E-state index contributed by atoms with van der Waals surface area (Å²) >= 11 is 0. The highest BCUT2D eigenvalue weighted by molar-refractivity contribution is 5.86. The minimum atomic E-state index is -1.03. The number of carboxylic acid groups (broad SMARTS) is 1. The van der Waals surface area contributed by atoms with Crippen molar-refractivity contribution in [1.29, 1.82) is 0 Å². The van der Waals surface area contributed by atoms with E-state index in [2.05, 4.69) is 0 Å². The summed E-state index contributed by atoms with van der Waals surface area (Å²) < 4.78 is 15.5. The Kier molecular flexibility index (Phi) is 4.39. The maximum atomic E-state index is 10.5. The van der Waals surface area contributed by atoms with Crippen LogP contribution >= 0.6 is 0 Å². The lowest BCUT2D eigenvalue weighted by atomic mass is 10.1. The second kappa shape index (κ2) is 5.79. The Balaban J connectivity index is 3.28. The summed E-state index contributed by atoms with van der Waals surface area (Å²) in [4.78, 5) is 10.5. The minimum Gasteiger partial charge on any atom is -0.493 e. The van der Waals surface area contributed by atoms with Gasteiger partial charge in [-0.05, 0) is 18.2 Å². The zero-order valence-electron chi connectivity index (χ0n) is 9.89. The molecule has 0 atom stereocenters. The van der Waals surface area contributed by atoms with Gasteiger partial charge in [0.25, 0.3) is 0 Å². The molecule has 1 rings (SSSR count). The van der Waals surface area contributed by atoms with E-state index in [0.29, 0.717) is 22.8 Å². The number of benzene rings is 1. The van der Waals surface area contributed by atoms with E-state index in [-0.39, 0.29) is 0 Å². The molecule has 0 aromatic heterocycles. The highest BCUT2D eigenvalue weighted by atomic mass is 16.5. The second-order valence-corrected chi connectivity index (χ2v) is 3.10. The third-order valence-corrected chi connectivity index (χ3v) is 2.14. The number of carbonyl (C=O) groups is 1. The molecule has 5 nitrogen and oxygen atoms in total. The van der Waals surface area contributed by atoms with Gasteiger partial charge in [0.2, 0.25) is 5.75 Å². The average molecular weight is 238 g/mol. The fraction of sp³-hybridized carbons (Fsp3) is 0.250. The number of hydrogen-bond donors (Lipinski definition) is 1. The molecule has 0 aliphatic heterocycles. The van der Waals surface area contributed by atoms with Crippen molar-refractivity contribution in [1.82, 2.24) is 0 Å². The van der Waals surface area contributed by atoms with Crippen LogP contribution in [0.3, 0.4) is 0 Å². The first-order valence-electron chi connectivity index (χ1n) is 4.84. The summed E-state index contributed by atoms with van der Waals surface area (Å²) in [5.74, 6) is 0.366. The van der Waals surface area contributed by atoms with Crippen LogP contribution in [0.5, 0.6) is 17.2 Å². The van der Waals surface area contributed by atoms with Crippen molar-refractivity contribution < 1.29 is 24.1 Å². The Morgan fingerprint density at radius 3 is 2.24 bits per heavy atom. The maximum absolute atomic E-state index is 10.5. The van der Waals surface area contributed by atoms with Crippen LogP contribution in [0, 0.1) is 0 Å². The van der Waals surface area contributed by atoms with Gasteiger partial charge >= 0.3 is 5.97 Å². The summed E-state index contributed by atoms with van der Waals surface area (Å²) in [5, 5.41) is 8.58. The average Bonchev–Trinajstić information content (AvgIpc) is 2.34. The van der Waals surface area contributed by atoms with Crippen molar-refractivity contribution in [3.05, 3.63) is 23.8 Å². The van der Waals surface area contributed by atoms with Gasteiger partial charge in [-0.2, -0.15) is 0 Å². The van der Waals surface area contributed by atoms with Gasteiger partial charge < -0.3 is 19.3 Å². The number of hydrogen-bond acceptors (Lipinski definition) is 4. The van der Waals surface area contributed by atoms with Crippen LogP contribution in [0.1, 0.15) is 5.56 Å². The highest BCUT2D eigenvalue weighted by Gasteiger charge is 2.14. The van der Waals surface area contributed by atoms with Crippen LogP contribution in [0.25, 0.3) is 6.08 Å². The smallest absolute Gasteiger partial charge is 0.328 e. The number of aliphatic carboxylic acids is 1. The Bertz CT molecular complexity index is 437. The first-order valence-corrected chi connectivity index (χ1v) is 4.84. The van der Waals surface area contributed by atoms with Crippen LogP contribution in [0.2, 0.25) is 0 Å². The first-order chi connectivity index (χ1) is 8.13. The third-order valence-electron chi connectivity index (χ3n) is 2.14. The van der Waals surface area contributed by atoms with Gasteiger partial charge in [0.05, 0.1) is 21.3 Å². The molecule has 1 N–H and O–H groups in total. The summed E-state index contributed by atoms with van der Waals surface area (Å²) in [6, 6.07) is 3.38. The molecule has 92 valence electrons. The minimum absolute atomic E-state index is 0.433. The molecule has 0 aliphatic rings. The SMILES string of the molecule is COc1ccc(C=CC(=O)O)c(OC)c1OC. The van der Waals surface area contributed by atoms with E-state index in [1.807, 2.05) is 0 Å². The Hall–Kier alpha value is -2.17. The third kappa shape index (κ3) is 2.90. The highest BCUT2D eigenvalue weighted by Crippen LogP contribution is 2.40. The predicted molar refractivity (Wildman–Crippen MR) is 62.8 cm³/mol. The predicted octanol–water partition coefficient (Wildman–Crippen LogP) is 1.81. The first kappa shape index (κ1) is 12.9. The van der Waals surface area contributed by atoms with Crippen molar-refractivity contribution >= 4 is 12.0 Å². The molecule has 17 heavy (non-hydrogen) atoms. The quantitative estimate of drug-likeness (QED) is 0.792. The maximum Gasteiger partial charge on any atom is 0.328 e. The number of rotatable bonds is 5. The zero-order chi connectivity index (χ0) is 12.8. The van der Waals surface area contributed by atoms with E-state index in [9.17, 15) is 4.79 Å². The molecule has 0 saturated heterocycles. The second-order valence-electron chi connectivity index (χ2n) is 3.10. The summed E-state index contributed by atoms with van der Waals surface area (Å²) in [6.45, 7) is 0. The molecular weight excluding hydrogens is 224 g/mol. The monoisotopic (exact) mass is 238 g/mol. The summed E-state index contributed by atoms with van der Waals surface area (Å²) in [7, 11) is 4.49. The molecule has 1 aromatic rings. The van der Waals surface area contributed by atoms with Crippen molar-refractivity contribution in [3.8, 4) is 17.2 Å². The number of methoxy groups -OCH3 is 3. The molecule has 0 bridgehead atoms. The molecule has 0 unspecified atom stereocenters. The van der Waals surface area contributed by atoms with Gasteiger partial charge in [-0.15, -0.1) is 0 Å². The van der Waals surface area contributed by atoms with E-state index < -0.39 is 5.97 Å². The van der Waals surface area contributed by atoms with Gasteiger partial charge in [0, 0.05) is 11.6 Å². The van der Waals surface area contributed by atoms with Crippen molar-refractivity contribution in [2.45, 2.75) is 0 Å². The standard InChI is InChI=1S/C12H14O5/c1-15-9-6-4-8(5-7-10(13)14)11(16-2)12(9)17-3/h4-7H,1-3H3,(H,13,14). The Morgan fingerprint density at radius 2 is 1.76 bits per heavy atom. The van der Waals surface area contributed by atoms with Crippen LogP contribution in [0.15, 0.2) is 18.2 Å². The molecule has 0 amide bonds. The molecule has 0 radical (unpaired) electrons. The number of ether oxygens (including phenoxy) is 3. The van der Waals surface area contributed by atoms with Crippen LogP contribution in [0.4, 0.5) is 0 Å². The molecule has 0 heterocycles. The summed E-state index contributed by atoms with van der Waals surface area (Å²) in [6.07, 6.45) is 2.47. The van der Waals surface area contributed by atoms with Gasteiger partial charge in [0.1, 0.15) is 0 Å². The molecule has 0 fully saturated rings. The van der Waals surface area contributed by atoms with E-state index in [1.54, 1.807) is 12.1 Å². The lowest BCUT2D eigenvalue weighted by Gasteiger charge is -2.13. The molecular formula is C12H14O5. The molecule has 1 aromatic carbocycles. The lowest BCUT2D eigenvalue weighted by molar-refractivity contribution is -0.131. The fourth-order valence-electron chi connectivity index (χ4n) is 1.42. The van der Waals surface area contributed by atoms with Crippen molar-refractivity contribution in [2.75, 3.05) is 21.3 Å². The van der Waals surface area contributed by atoms with Gasteiger partial charge in [-0.3, -0.25) is 0 Å². The topological polar surface area (TPSA) is 65.0 Å². The normalized spacial score (nSPS) is 10.3. The Labute approximate surface area is 99.2 Å². The Morgan fingerprint density at radius 1 is 1.12 bits per heavy atom. The van der Waals surface area contributed by atoms with Crippen LogP contribution < -0.4 is 14.2 Å². The van der Waals surface area contributed by atoms with Gasteiger partial charge in [-0.1, -0.05) is 0 Å². The van der Waals surface area contributed by atoms with Gasteiger partial charge in [0.15, 0.2) is 11.5 Å². The van der Waals surface area contributed by atoms with Crippen molar-refractivity contribution in [2.24, 2.45) is 0 Å². The van der Waals surface area contributed by atoms with Crippen molar-refractivity contribution in [3.63, 3.8) is 0 Å². The lowest BCUT2D eigenvalue weighted by Crippen LogP contribution is -1.97. The number of carboxylic acids is 1. The van der Waals surface area contributed by atoms with E-state index in [1.165, 1.54) is 27.4 Å². The fourth-order valence-corrected chi connectivity index (χ4v) is 1.42. The zero-order valence-corrected chi connectivity index (χ0v) is 9.89. The molecule has 5 heteroatoms. The van der Waals surface area contributed by atoms with E-state index in [0.717, 1.165) is 6.08 Å². The van der Waals surface area contributed by atoms with E-state index in [4.69, 9.17) is 19.3 Å². The van der Waals surface area contributed by atoms with Crippen LogP contribution in [-0.2, 0) is 4.79 Å². The molecule has 0 aliphatic carbocycles. The van der Waals surface area contributed by atoms with Crippen LogP contribution in [-0.4, -0.2) is 32.4 Å². The van der Waals surface area contributed by atoms with Gasteiger partial charge in [-0.25, -0.2) is 4.79 Å². The largest absolute Gasteiger partial charge is 0.493 e. The van der Waals surface area contributed by atoms with E-state index >= 15 is 0 Å². The summed E-state index contributed by atoms with van der Waals surface area (Å²) in [5.41, 5.74) is 0.604. The molecule has 0 spiro atoms.